The third-order valence-corrected chi connectivity index (χ3v) is 8.78. The fraction of sp³-hybridized carbons (Fsp3) is 0.571. The molecule has 0 amide bonds. The van der Waals surface area contributed by atoms with Gasteiger partial charge in [0.1, 0.15) is 0 Å². The Bertz CT molecular complexity index is 1120. The molecular weight excluding hydrogens is 562 g/mol. The lowest BCUT2D eigenvalue weighted by Gasteiger charge is -2.26. The van der Waals surface area contributed by atoms with Crippen molar-refractivity contribution in [3.05, 3.63) is 33.1 Å². The first-order chi connectivity index (χ1) is 14.8. The Morgan fingerprint density at radius 1 is 0.765 bits per heavy atom. The van der Waals surface area contributed by atoms with Gasteiger partial charge in [-0.1, -0.05) is 0 Å². The molecule has 1 rings (SSSR count). The number of allylic oxidation sites excluding steroid dienone is 5. The lowest BCUT2D eigenvalue weighted by Crippen LogP contribution is -2.43. The fourth-order valence-electron chi connectivity index (χ4n) is 2.44. The van der Waals surface area contributed by atoms with E-state index < -0.39 is 101 Å². The molecule has 1 aliphatic rings. The van der Waals surface area contributed by atoms with Crippen LogP contribution in [0.4, 0.5) is 61.5 Å². The largest absolute Gasteiger partial charge is 0.406 e. The fourth-order valence-corrected chi connectivity index (χ4v) is 7.19. The average Bonchev–Trinajstić information content (AvgIpc) is 2.62. The molecule has 0 saturated heterocycles. The van der Waals surface area contributed by atoms with Gasteiger partial charge >= 0.3 is 18.5 Å². The average molecular weight is 570 g/mol. The number of rotatable bonds is 6. The molecule has 20 heteroatoms. The Morgan fingerprint density at radius 2 is 1.24 bits per heavy atom. The summed E-state index contributed by atoms with van der Waals surface area (Å²) in [6, 6.07) is 0. The van der Waals surface area contributed by atoms with E-state index in [2.05, 4.69) is 0 Å². The summed E-state index contributed by atoms with van der Waals surface area (Å²) >= 11 is 0. The van der Waals surface area contributed by atoms with Crippen molar-refractivity contribution in [3.8, 4) is 0 Å². The zero-order chi connectivity index (χ0) is 27.2. The van der Waals surface area contributed by atoms with Crippen molar-refractivity contribution in [1.82, 2.24) is 0 Å². The number of sulfone groups is 2. The highest BCUT2D eigenvalue weighted by Gasteiger charge is 2.58. The predicted octanol–water partition coefficient (Wildman–Crippen LogP) is 5.52. The van der Waals surface area contributed by atoms with Crippen LogP contribution in [0.3, 0.4) is 0 Å². The summed E-state index contributed by atoms with van der Waals surface area (Å²) in [6.45, 7) is 0. The van der Waals surface area contributed by atoms with Gasteiger partial charge in [-0.2, -0.15) is 39.5 Å². The van der Waals surface area contributed by atoms with Crippen LogP contribution in [0.2, 0.25) is 0 Å². The van der Waals surface area contributed by atoms with Crippen LogP contribution in [-0.2, 0) is 19.7 Å². The van der Waals surface area contributed by atoms with Gasteiger partial charge in [0.2, 0.25) is 9.84 Å². The normalized spacial score (nSPS) is 21.8. The predicted molar refractivity (Wildman–Crippen MR) is 84.3 cm³/mol. The van der Waals surface area contributed by atoms with Gasteiger partial charge in [0.25, 0.3) is 0 Å². The monoisotopic (exact) mass is 570 g/mol. The van der Waals surface area contributed by atoms with E-state index in [1.54, 1.807) is 0 Å². The molecule has 0 radical (unpaired) electrons. The highest BCUT2D eigenvalue weighted by Crippen LogP contribution is 2.46. The summed E-state index contributed by atoms with van der Waals surface area (Å²) < 4.78 is 229. The second-order valence-electron chi connectivity index (χ2n) is 6.43. The van der Waals surface area contributed by atoms with Crippen LogP contribution in [-0.4, -0.2) is 52.5 Å². The first-order valence-electron chi connectivity index (χ1n) is 8.01. The summed E-state index contributed by atoms with van der Waals surface area (Å²) in [4.78, 5) is 0. The maximum atomic E-state index is 14.2. The van der Waals surface area contributed by atoms with E-state index in [1.165, 1.54) is 0 Å². The van der Waals surface area contributed by atoms with Gasteiger partial charge < -0.3 is 0 Å². The first kappa shape index (κ1) is 30.2. The minimum Gasteiger partial charge on any atom is -0.234 e. The molecule has 34 heavy (non-hydrogen) atoms. The maximum Gasteiger partial charge on any atom is 0.406 e. The van der Waals surface area contributed by atoms with Gasteiger partial charge in [-0.05, 0) is 0 Å². The third-order valence-electron chi connectivity index (χ3n) is 3.88. The van der Waals surface area contributed by atoms with Gasteiger partial charge in [-0.3, -0.25) is 0 Å². The molecule has 0 aromatic rings. The zero-order valence-electron chi connectivity index (χ0n) is 15.5. The zero-order valence-corrected chi connectivity index (χ0v) is 17.2. The second kappa shape index (κ2) is 9.30. The van der Waals surface area contributed by atoms with Crippen LogP contribution in [0.25, 0.3) is 0 Å². The summed E-state index contributed by atoms with van der Waals surface area (Å²) in [6.07, 6.45) is -28.6. The standard InChI is InChI=1S/C14H8F14O4S2/c15-6-5(7(16)9(18)10(19)8(6)17)11(33(29,30)2-1-12(20,21)22)34(31,32)4(14(26,27)28)3-13(23,24)25/h4,6H,1-3H2. The van der Waals surface area contributed by atoms with E-state index in [0.29, 0.717) is 0 Å². The summed E-state index contributed by atoms with van der Waals surface area (Å²) in [5, 5.41) is -4.90. The van der Waals surface area contributed by atoms with E-state index in [9.17, 15) is 78.3 Å². The van der Waals surface area contributed by atoms with Crippen LogP contribution < -0.4 is 0 Å². The molecular formula is C14H8F14O4S2. The third kappa shape index (κ3) is 6.63. The van der Waals surface area contributed by atoms with Crippen LogP contribution in [0.1, 0.15) is 12.8 Å². The number of hydrogen-bond acceptors (Lipinski definition) is 4. The molecule has 0 heterocycles. The molecule has 2 unspecified atom stereocenters. The van der Waals surface area contributed by atoms with Gasteiger partial charge in [0.05, 0.1) is 24.2 Å². The summed E-state index contributed by atoms with van der Waals surface area (Å²) in [5.41, 5.74) is -3.09. The Morgan fingerprint density at radius 3 is 1.62 bits per heavy atom. The van der Waals surface area contributed by atoms with Crippen molar-refractivity contribution in [1.29, 1.82) is 0 Å². The van der Waals surface area contributed by atoms with E-state index in [1.807, 2.05) is 0 Å². The Balaban J connectivity index is 4.15. The summed E-state index contributed by atoms with van der Waals surface area (Å²) in [7, 11) is -13.9. The van der Waals surface area contributed by atoms with E-state index >= 15 is 0 Å². The lowest BCUT2D eigenvalue weighted by molar-refractivity contribution is -0.179. The molecule has 0 bridgehead atoms. The molecule has 0 aliphatic heterocycles. The van der Waals surface area contributed by atoms with Gasteiger partial charge in [0, 0.05) is 0 Å². The first-order valence-corrected chi connectivity index (χ1v) is 11.2. The quantitative estimate of drug-likeness (QED) is 0.395. The van der Waals surface area contributed by atoms with E-state index in [0.717, 1.165) is 0 Å². The molecule has 0 spiro atoms. The van der Waals surface area contributed by atoms with Crippen molar-refractivity contribution in [2.75, 3.05) is 5.75 Å². The van der Waals surface area contributed by atoms with Gasteiger partial charge in [0.15, 0.2) is 48.8 Å². The molecule has 0 aromatic carbocycles. The van der Waals surface area contributed by atoms with Crippen LogP contribution in [0.5, 0.6) is 0 Å². The highest BCUT2D eigenvalue weighted by molar-refractivity contribution is 8.14. The molecule has 0 N–H and O–H groups in total. The second-order valence-corrected chi connectivity index (χ2v) is 10.8. The van der Waals surface area contributed by atoms with Crippen molar-refractivity contribution in [2.45, 2.75) is 42.8 Å². The minimum absolute atomic E-state index is 2.62. The van der Waals surface area contributed by atoms with Gasteiger partial charge in [-0.15, -0.1) is 0 Å². The minimum atomic E-state index is -7.32. The molecule has 0 saturated carbocycles. The van der Waals surface area contributed by atoms with E-state index in [-0.39, 0.29) is 0 Å². The smallest absolute Gasteiger partial charge is 0.234 e. The van der Waals surface area contributed by atoms with Crippen molar-refractivity contribution in [3.63, 3.8) is 0 Å². The molecule has 198 valence electrons. The number of hydrogen-bond donors (Lipinski definition) is 0. The topological polar surface area (TPSA) is 68.3 Å². The molecule has 0 fully saturated rings. The van der Waals surface area contributed by atoms with Crippen molar-refractivity contribution >= 4 is 19.7 Å². The Labute approximate surface area is 180 Å². The van der Waals surface area contributed by atoms with Crippen LogP contribution >= 0.6 is 0 Å². The Hall–Kier alpha value is -1.86. The number of halogens is 14. The molecule has 2 atom stereocenters. The number of alkyl halides is 10. The van der Waals surface area contributed by atoms with Crippen molar-refractivity contribution in [2.24, 2.45) is 0 Å². The highest BCUT2D eigenvalue weighted by atomic mass is 32.3. The lowest BCUT2D eigenvalue weighted by atomic mass is 10.0. The van der Waals surface area contributed by atoms with Crippen LogP contribution in [0.15, 0.2) is 33.1 Å². The van der Waals surface area contributed by atoms with Crippen LogP contribution in [0, 0.1) is 0 Å². The van der Waals surface area contributed by atoms with Gasteiger partial charge in [-0.25, -0.2) is 38.8 Å². The molecule has 4 nitrogen and oxygen atoms in total. The molecule has 0 aromatic heterocycles. The Kier molecular flexibility index (Phi) is 8.26. The SMILES string of the molecule is O=S(=O)(CCC(F)(F)F)C(=C1C(F)=C(F)C(F)=C(F)C1F)S(=O)(=O)C(CC(F)(F)F)C(F)(F)F. The van der Waals surface area contributed by atoms with Crippen molar-refractivity contribution < 1.29 is 78.3 Å². The molecule has 1 aliphatic carbocycles. The summed E-state index contributed by atoms with van der Waals surface area (Å²) in [5.74, 6) is -15.3. The van der Waals surface area contributed by atoms with E-state index in [4.69, 9.17) is 0 Å². The maximum absolute atomic E-state index is 14.2.